The highest BCUT2D eigenvalue weighted by atomic mass is 79.9. The number of fused-ring (bicyclic) bond motifs is 4. The summed E-state index contributed by atoms with van der Waals surface area (Å²) in [6.45, 7) is 10.2. The van der Waals surface area contributed by atoms with Crippen LogP contribution in [-0.2, 0) is 21.3 Å². The van der Waals surface area contributed by atoms with Gasteiger partial charge in [0.05, 0.1) is 28.9 Å². The number of halogens is 1. The molecule has 0 aliphatic carbocycles. The molecular formula is C34H38BrN5O5S. The standard InChI is InChI=1S/C34H38BrN5O5S/c1-22-9-7-10-23(2)31(22)29-16-30-38-33(37-29)40(21-44-6)46(42,43)28-12-8-11-24(15-28)32(41)39(19-26-14-13-25(35)18-36-26)27(20-45-30)17-34(3,4)5/h7-16,18,27H,17,19-21H2,1-6H3/t27-/m1/s1. The number of rotatable bonds is 6. The second-order valence-electron chi connectivity index (χ2n) is 12.6. The molecule has 3 heterocycles. The van der Waals surface area contributed by atoms with Gasteiger partial charge in [-0.05, 0) is 83.1 Å². The van der Waals surface area contributed by atoms with E-state index < -0.39 is 16.1 Å². The molecule has 1 amide bonds. The van der Waals surface area contributed by atoms with Crippen molar-refractivity contribution < 1.29 is 22.7 Å². The smallest absolute Gasteiger partial charge is 0.268 e. The average molecular weight is 709 g/mol. The maximum atomic E-state index is 14.4. The predicted octanol–water partition coefficient (Wildman–Crippen LogP) is 6.56. The van der Waals surface area contributed by atoms with Gasteiger partial charge >= 0.3 is 0 Å². The van der Waals surface area contributed by atoms with Crippen molar-refractivity contribution in [2.75, 3.05) is 24.8 Å². The number of nitrogens with zero attached hydrogens (tertiary/aromatic N) is 5. The van der Waals surface area contributed by atoms with Gasteiger partial charge in [-0.3, -0.25) is 9.78 Å². The molecule has 242 valence electrons. The van der Waals surface area contributed by atoms with Gasteiger partial charge in [0.2, 0.25) is 11.8 Å². The van der Waals surface area contributed by atoms with E-state index in [9.17, 15) is 13.2 Å². The molecule has 0 radical (unpaired) electrons. The summed E-state index contributed by atoms with van der Waals surface area (Å²) in [4.78, 5) is 29.9. The molecule has 0 fully saturated rings. The monoisotopic (exact) mass is 707 g/mol. The Bertz CT molecular complexity index is 1820. The van der Waals surface area contributed by atoms with Crippen LogP contribution in [0.1, 0.15) is 54.4 Å². The topological polar surface area (TPSA) is 115 Å². The Morgan fingerprint density at radius 2 is 1.74 bits per heavy atom. The van der Waals surface area contributed by atoms with Crippen LogP contribution in [0, 0.1) is 19.3 Å². The predicted molar refractivity (Wildman–Crippen MR) is 180 cm³/mol. The second kappa shape index (κ2) is 13.5. The maximum absolute atomic E-state index is 14.4. The number of aromatic nitrogens is 3. The lowest BCUT2D eigenvalue weighted by atomic mass is 9.87. The number of amides is 1. The van der Waals surface area contributed by atoms with Crippen LogP contribution >= 0.6 is 15.9 Å². The minimum atomic E-state index is -4.29. The van der Waals surface area contributed by atoms with Crippen LogP contribution in [0.4, 0.5) is 5.95 Å². The molecule has 0 unspecified atom stereocenters. The number of sulfonamides is 1. The molecule has 5 rings (SSSR count). The van der Waals surface area contributed by atoms with Crippen LogP contribution in [0.15, 0.2) is 76.2 Å². The molecule has 4 aromatic rings. The first-order valence-electron chi connectivity index (χ1n) is 14.9. The zero-order valence-electron chi connectivity index (χ0n) is 26.8. The first kappa shape index (κ1) is 33.5. The average Bonchev–Trinajstić information content (AvgIpc) is 3.00. The van der Waals surface area contributed by atoms with E-state index in [1.165, 1.54) is 19.2 Å². The molecule has 0 N–H and O–H groups in total. The van der Waals surface area contributed by atoms with Crippen molar-refractivity contribution in [1.29, 1.82) is 0 Å². The van der Waals surface area contributed by atoms with Crippen molar-refractivity contribution in [2.24, 2.45) is 5.41 Å². The number of anilines is 1. The van der Waals surface area contributed by atoms with Gasteiger partial charge in [0, 0.05) is 35.0 Å². The van der Waals surface area contributed by atoms with E-state index in [1.54, 1.807) is 29.3 Å². The number of ether oxygens (including phenoxy) is 2. The normalized spacial score (nSPS) is 16.7. The minimum absolute atomic E-state index is 0.0905. The summed E-state index contributed by atoms with van der Waals surface area (Å²) in [5.41, 5.74) is 4.00. The molecule has 1 aliphatic heterocycles. The fraction of sp³-hybridized carbons (Fsp3) is 0.353. The van der Waals surface area contributed by atoms with Crippen LogP contribution in [0.25, 0.3) is 11.3 Å². The van der Waals surface area contributed by atoms with Crippen molar-refractivity contribution >= 4 is 37.8 Å². The van der Waals surface area contributed by atoms with Gasteiger partial charge in [0.1, 0.15) is 13.3 Å². The van der Waals surface area contributed by atoms with E-state index in [0.29, 0.717) is 17.8 Å². The van der Waals surface area contributed by atoms with Gasteiger partial charge in [-0.1, -0.05) is 45.0 Å². The molecule has 10 nitrogen and oxygen atoms in total. The third-order valence-corrected chi connectivity index (χ3v) is 9.83. The van der Waals surface area contributed by atoms with Gasteiger partial charge < -0.3 is 14.4 Å². The summed E-state index contributed by atoms with van der Waals surface area (Å²) < 4.78 is 42.0. The molecule has 4 bridgehead atoms. The lowest BCUT2D eigenvalue weighted by molar-refractivity contribution is 0.0509. The highest BCUT2D eigenvalue weighted by Crippen LogP contribution is 2.33. The first-order valence-corrected chi connectivity index (χ1v) is 17.1. The van der Waals surface area contributed by atoms with Gasteiger partial charge in [-0.15, -0.1) is 0 Å². The molecule has 2 aromatic heterocycles. The summed E-state index contributed by atoms with van der Waals surface area (Å²) in [7, 11) is -2.89. The Morgan fingerprint density at radius 3 is 2.39 bits per heavy atom. The number of aryl methyl sites for hydroxylation is 2. The fourth-order valence-electron chi connectivity index (χ4n) is 5.57. The number of benzene rings is 2. The number of hydrogen-bond acceptors (Lipinski definition) is 8. The van der Waals surface area contributed by atoms with E-state index in [2.05, 4.69) is 46.7 Å². The molecule has 46 heavy (non-hydrogen) atoms. The Labute approximate surface area is 279 Å². The third kappa shape index (κ3) is 7.40. The number of carbonyl (C=O) groups excluding carboxylic acids is 1. The van der Waals surface area contributed by atoms with E-state index >= 15 is 0 Å². The largest absolute Gasteiger partial charge is 0.475 e. The van der Waals surface area contributed by atoms with Crippen molar-refractivity contribution in [3.8, 4) is 17.1 Å². The van der Waals surface area contributed by atoms with Gasteiger partial charge in [-0.25, -0.2) is 17.7 Å². The molecule has 2 aromatic carbocycles. The minimum Gasteiger partial charge on any atom is -0.475 e. The van der Waals surface area contributed by atoms with Crippen LogP contribution in [0.2, 0.25) is 0 Å². The molecule has 12 heteroatoms. The number of hydrogen-bond donors (Lipinski definition) is 0. The summed E-state index contributed by atoms with van der Waals surface area (Å²) in [6, 6.07) is 17.0. The lowest BCUT2D eigenvalue weighted by Crippen LogP contribution is -2.45. The van der Waals surface area contributed by atoms with Crippen LogP contribution in [-0.4, -0.2) is 60.7 Å². The Morgan fingerprint density at radius 1 is 1.02 bits per heavy atom. The van der Waals surface area contributed by atoms with Gasteiger partial charge in [0.15, 0.2) is 0 Å². The van der Waals surface area contributed by atoms with Crippen LogP contribution < -0.4 is 9.04 Å². The summed E-state index contributed by atoms with van der Waals surface area (Å²) >= 11 is 3.43. The summed E-state index contributed by atoms with van der Waals surface area (Å²) in [5.74, 6) is -0.263. The zero-order valence-corrected chi connectivity index (χ0v) is 29.2. The Kier molecular flexibility index (Phi) is 9.81. The molecule has 1 atom stereocenters. The van der Waals surface area contributed by atoms with E-state index in [-0.39, 0.29) is 53.5 Å². The first-order chi connectivity index (χ1) is 21.8. The lowest BCUT2D eigenvalue weighted by Gasteiger charge is -2.35. The van der Waals surface area contributed by atoms with Crippen molar-refractivity contribution in [1.82, 2.24) is 19.9 Å². The molecule has 1 aliphatic rings. The third-order valence-electron chi connectivity index (χ3n) is 7.66. The highest BCUT2D eigenvalue weighted by molar-refractivity contribution is 9.10. The van der Waals surface area contributed by atoms with Gasteiger partial charge in [0.25, 0.3) is 15.9 Å². The number of methoxy groups -OCH3 is 1. The molecule has 0 saturated heterocycles. The highest BCUT2D eigenvalue weighted by Gasteiger charge is 2.34. The Balaban J connectivity index is 1.74. The van der Waals surface area contributed by atoms with E-state index in [4.69, 9.17) is 14.5 Å². The van der Waals surface area contributed by atoms with Gasteiger partial charge in [-0.2, -0.15) is 4.98 Å². The summed E-state index contributed by atoms with van der Waals surface area (Å²) in [5, 5.41) is 0. The zero-order chi connectivity index (χ0) is 33.2. The van der Waals surface area contributed by atoms with Crippen molar-refractivity contribution in [2.45, 2.75) is 58.5 Å². The summed E-state index contributed by atoms with van der Waals surface area (Å²) in [6.07, 6.45) is 2.27. The molecule has 0 saturated carbocycles. The second-order valence-corrected chi connectivity index (χ2v) is 15.4. The van der Waals surface area contributed by atoms with Crippen LogP contribution in [0.5, 0.6) is 5.88 Å². The molecule has 0 spiro atoms. The number of carbonyl (C=O) groups is 1. The van der Waals surface area contributed by atoms with Crippen molar-refractivity contribution in [3.63, 3.8) is 0 Å². The Hall–Kier alpha value is -3.87. The van der Waals surface area contributed by atoms with Crippen LogP contribution in [0.3, 0.4) is 0 Å². The van der Waals surface area contributed by atoms with E-state index in [1.807, 2.05) is 44.2 Å². The SMILES string of the molecule is COCN1c2nc(cc(-c3c(C)cccc3C)n2)OC[C@@H](CC(C)(C)C)N(Cc2ccc(Br)cn2)C(=O)c2cccc(c2)S1(=O)=O. The molecular weight excluding hydrogens is 670 g/mol. The van der Waals surface area contributed by atoms with Crippen molar-refractivity contribution in [3.05, 3.63) is 93.7 Å². The number of pyridine rings is 1. The maximum Gasteiger partial charge on any atom is 0.268 e. The van der Waals surface area contributed by atoms with E-state index in [0.717, 1.165) is 25.5 Å². The quantitative estimate of drug-likeness (QED) is 0.222. The fourth-order valence-corrected chi connectivity index (χ4v) is 7.12.